The first-order chi connectivity index (χ1) is 8.56. The Hall–Kier alpha value is -0.800. The lowest BCUT2D eigenvalue weighted by Gasteiger charge is -2.33. The van der Waals surface area contributed by atoms with Gasteiger partial charge in [0.05, 0.1) is 10.7 Å². The van der Waals surface area contributed by atoms with Crippen molar-refractivity contribution in [3.8, 4) is 0 Å². The van der Waals surface area contributed by atoms with Crippen LogP contribution in [0, 0.1) is 11.7 Å². The van der Waals surface area contributed by atoms with Crippen LogP contribution in [-0.2, 0) is 0 Å². The molecule has 1 aliphatic heterocycles. The van der Waals surface area contributed by atoms with Gasteiger partial charge in [0.15, 0.2) is 0 Å². The Morgan fingerprint density at radius 2 is 2.06 bits per heavy atom. The molecule has 0 aromatic heterocycles. The molecule has 0 saturated carbocycles. The molecule has 1 heterocycles. The summed E-state index contributed by atoms with van der Waals surface area (Å²) in [7, 11) is 2.16. The number of hydrogen-bond donors (Lipinski definition) is 1. The fourth-order valence-corrected chi connectivity index (χ4v) is 2.72. The molecule has 2 nitrogen and oxygen atoms in total. The third-order valence-corrected chi connectivity index (χ3v) is 4.10. The van der Waals surface area contributed by atoms with E-state index in [1.54, 1.807) is 6.07 Å². The van der Waals surface area contributed by atoms with Crippen molar-refractivity contribution in [3.63, 3.8) is 0 Å². The number of likely N-dealkylation sites (tertiary alicyclic amines) is 1. The Morgan fingerprint density at radius 1 is 1.39 bits per heavy atom. The van der Waals surface area contributed by atoms with Crippen molar-refractivity contribution in [1.29, 1.82) is 0 Å². The number of hydrogen-bond acceptors (Lipinski definition) is 2. The lowest BCUT2D eigenvalue weighted by molar-refractivity contribution is 0.208. The molecule has 1 unspecified atom stereocenters. The fourth-order valence-electron chi connectivity index (χ4n) is 2.50. The summed E-state index contributed by atoms with van der Waals surface area (Å²) in [6.07, 6.45) is 2.40. The number of anilines is 1. The highest BCUT2D eigenvalue weighted by Gasteiger charge is 2.22. The SMILES string of the molecule is CC(Nc1ccc(F)cc1Cl)C1CCN(C)CC1. The first kappa shape index (κ1) is 13.6. The van der Waals surface area contributed by atoms with Gasteiger partial charge in [-0.15, -0.1) is 0 Å². The zero-order chi connectivity index (χ0) is 13.1. The molecule has 1 aromatic rings. The van der Waals surface area contributed by atoms with Crippen LogP contribution in [0.2, 0.25) is 5.02 Å². The molecule has 0 spiro atoms. The lowest BCUT2D eigenvalue weighted by Crippen LogP contribution is -2.37. The van der Waals surface area contributed by atoms with Crippen LogP contribution in [0.25, 0.3) is 0 Å². The molecule has 1 fully saturated rings. The molecule has 1 aliphatic rings. The van der Waals surface area contributed by atoms with Gasteiger partial charge >= 0.3 is 0 Å². The fraction of sp³-hybridized carbons (Fsp3) is 0.571. The summed E-state index contributed by atoms with van der Waals surface area (Å²) in [5, 5.41) is 3.86. The van der Waals surface area contributed by atoms with Gasteiger partial charge in [0, 0.05) is 6.04 Å². The molecule has 0 radical (unpaired) electrons. The third kappa shape index (κ3) is 3.36. The molecule has 1 saturated heterocycles. The first-order valence-electron chi connectivity index (χ1n) is 6.46. The summed E-state index contributed by atoms with van der Waals surface area (Å²) in [6, 6.07) is 4.87. The van der Waals surface area contributed by atoms with Gasteiger partial charge in [-0.1, -0.05) is 11.6 Å². The van der Waals surface area contributed by atoms with E-state index >= 15 is 0 Å². The van der Waals surface area contributed by atoms with Crippen LogP contribution < -0.4 is 5.32 Å². The maximum absolute atomic E-state index is 13.0. The molecule has 4 heteroatoms. The average molecular weight is 271 g/mol. The molecule has 100 valence electrons. The number of nitrogens with one attached hydrogen (secondary N) is 1. The molecule has 0 aliphatic carbocycles. The van der Waals surface area contributed by atoms with Gasteiger partial charge in [0.25, 0.3) is 0 Å². The van der Waals surface area contributed by atoms with Gasteiger partial charge in [0.1, 0.15) is 5.82 Å². The monoisotopic (exact) mass is 270 g/mol. The van der Waals surface area contributed by atoms with Crippen LogP contribution in [0.3, 0.4) is 0 Å². The molecule has 1 aromatic carbocycles. The molecule has 0 bridgehead atoms. The van der Waals surface area contributed by atoms with E-state index in [4.69, 9.17) is 11.6 Å². The summed E-state index contributed by atoms with van der Waals surface area (Å²) >= 11 is 6.02. The number of piperidine rings is 1. The predicted octanol–water partition coefficient (Wildman–Crippen LogP) is 3.62. The number of rotatable bonds is 3. The number of halogens is 2. The van der Waals surface area contributed by atoms with Crippen LogP contribution in [0.15, 0.2) is 18.2 Å². The Morgan fingerprint density at radius 3 is 2.67 bits per heavy atom. The van der Waals surface area contributed by atoms with Gasteiger partial charge in [-0.05, 0) is 64.0 Å². The highest BCUT2D eigenvalue weighted by atomic mass is 35.5. The number of benzene rings is 1. The second-order valence-electron chi connectivity index (χ2n) is 5.20. The van der Waals surface area contributed by atoms with Crippen molar-refractivity contribution in [1.82, 2.24) is 4.90 Å². The quantitative estimate of drug-likeness (QED) is 0.902. The first-order valence-corrected chi connectivity index (χ1v) is 6.84. The van der Waals surface area contributed by atoms with Gasteiger partial charge in [-0.3, -0.25) is 0 Å². The Labute approximate surface area is 113 Å². The van der Waals surface area contributed by atoms with E-state index in [1.807, 2.05) is 0 Å². The van der Waals surface area contributed by atoms with E-state index in [1.165, 1.54) is 25.0 Å². The van der Waals surface area contributed by atoms with Gasteiger partial charge in [-0.25, -0.2) is 4.39 Å². The second-order valence-corrected chi connectivity index (χ2v) is 5.61. The minimum absolute atomic E-state index is 0.294. The van der Waals surface area contributed by atoms with Crippen LogP contribution >= 0.6 is 11.6 Å². The Bertz CT molecular complexity index is 403. The molecule has 18 heavy (non-hydrogen) atoms. The van der Waals surface area contributed by atoms with Crippen LogP contribution in [-0.4, -0.2) is 31.1 Å². The lowest BCUT2D eigenvalue weighted by atomic mass is 9.90. The zero-order valence-corrected chi connectivity index (χ0v) is 11.7. The van der Waals surface area contributed by atoms with Crippen LogP contribution in [0.1, 0.15) is 19.8 Å². The van der Waals surface area contributed by atoms with Crippen molar-refractivity contribution in [2.24, 2.45) is 5.92 Å². The maximum atomic E-state index is 13.0. The summed E-state index contributed by atoms with van der Waals surface area (Å²) < 4.78 is 13.0. The van der Waals surface area contributed by atoms with Crippen molar-refractivity contribution in [2.75, 3.05) is 25.5 Å². The normalized spacial score (nSPS) is 19.8. The zero-order valence-electron chi connectivity index (χ0n) is 10.9. The van der Waals surface area contributed by atoms with Crippen LogP contribution in [0.4, 0.5) is 10.1 Å². The minimum atomic E-state index is -0.294. The summed E-state index contributed by atoms with van der Waals surface area (Å²) in [4.78, 5) is 2.36. The summed E-state index contributed by atoms with van der Waals surface area (Å²) in [6.45, 7) is 4.47. The molecular formula is C14H20ClFN2. The highest BCUT2D eigenvalue weighted by Crippen LogP contribution is 2.27. The van der Waals surface area contributed by atoms with E-state index in [2.05, 4.69) is 24.2 Å². The molecule has 0 amide bonds. The minimum Gasteiger partial charge on any atom is -0.381 e. The van der Waals surface area contributed by atoms with Gasteiger partial charge in [0.2, 0.25) is 0 Å². The Kier molecular flexibility index (Phi) is 4.46. The Balaban J connectivity index is 1.96. The van der Waals surface area contributed by atoms with Crippen molar-refractivity contribution < 1.29 is 4.39 Å². The van der Waals surface area contributed by atoms with Gasteiger partial charge in [-0.2, -0.15) is 0 Å². The van der Waals surface area contributed by atoms with Crippen molar-refractivity contribution in [2.45, 2.75) is 25.8 Å². The molecule has 1 N–H and O–H groups in total. The predicted molar refractivity (Wildman–Crippen MR) is 74.7 cm³/mol. The van der Waals surface area contributed by atoms with E-state index < -0.39 is 0 Å². The molecule has 2 rings (SSSR count). The topological polar surface area (TPSA) is 15.3 Å². The average Bonchev–Trinajstić information content (AvgIpc) is 2.33. The van der Waals surface area contributed by atoms with Gasteiger partial charge < -0.3 is 10.2 Å². The largest absolute Gasteiger partial charge is 0.381 e. The van der Waals surface area contributed by atoms with E-state index in [-0.39, 0.29) is 5.82 Å². The van der Waals surface area contributed by atoms with Crippen molar-refractivity contribution >= 4 is 17.3 Å². The summed E-state index contributed by atoms with van der Waals surface area (Å²) in [5.74, 6) is 0.361. The third-order valence-electron chi connectivity index (χ3n) is 3.78. The van der Waals surface area contributed by atoms with E-state index in [9.17, 15) is 4.39 Å². The van der Waals surface area contributed by atoms with E-state index in [0.717, 1.165) is 18.8 Å². The second kappa shape index (κ2) is 5.89. The number of nitrogens with zero attached hydrogens (tertiary/aromatic N) is 1. The van der Waals surface area contributed by atoms with Crippen LogP contribution in [0.5, 0.6) is 0 Å². The standard InChI is InChI=1S/C14H20ClFN2/c1-10(11-5-7-18(2)8-6-11)17-14-4-3-12(16)9-13(14)15/h3-4,9-11,17H,5-8H2,1-2H3. The maximum Gasteiger partial charge on any atom is 0.124 e. The van der Waals surface area contributed by atoms with E-state index in [0.29, 0.717) is 17.0 Å². The molecular weight excluding hydrogens is 251 g/mol. The highest BCUT2D eigenvalue weighted by molar-refractivity contribution is 6.33. The summed E-state index contributed by atoms with van der Waals surface area (Å²) in [5.41, 5.74) is 0.824. The van der Waals surface area contributed by atoms with Crippen molar-refractivity contribution in [3.05, 3.63) is 29.0 Å². The smallest absolute Gasteiger partial charge is 0.124 e. The molecule has 1 atom stereocenters.